The van der Waals surface area contributed by atoms with E-state index < -0.39 is 5.60 Å². The third-order valence-electron chi connectivity index (χ3n) is 3.60. The third kappa shape index (κ3) is 3.06. The van der Waals surface area contributed by atoms with Crippen LogP contribution in [0, 0.1) is 5.41 Å². The number of aliphatic hydroxyl groups is 1. The number of hydrogen-bond acceptors (Lipinski definition) is 3. The van der Waals surface area contributed by atoms with Crippen LogP contribution in [0.4, 0.5) is 0 Å². The monoisotopic (exact) mass is 239 g/mol. The van der Waals surface area contributed by atoms with E-state index in [4.69, 9.17) is 0 Å². The lowest BCUT2D eigenvalue weighted by molar-refractivity contribution is -0.0770. The normalized spacial score (nSPS) is 15.9. The Morgan fingerprint density at radius 2 is 1.94 bits per heavy atom. The van der Waals surface area contributed by atoms with Gasteiger partial charge in [0.25, 0.3) is 0 Å². The largest absolute Gasteiger partial charge is 0.387 e. The first-order valence-corrected chi connectivity index (χ1v) is 6.44. The molecule has 0 amide bonds. The van der Waals surface area contributed by atoms with E-state index in [0.29, 0.717) is 13.0 Å². The lowest BCUT2D eigenvalue weighted by atomic mass is 9.74. The number of aromatic nitrogens is 3. The average molecular weight is 239 g/mol. The van der Waals surface area contributed by atoms with Gasteiger partial charge in [-0.2, -0.15) is 0 Å². The lowest BCUT2D eigenvalue weighted by Gasteiger charge is -2.39. The van der Waals surface area contributed by atoms with Crippen molar-refractivity contribution in [3.05, 3.63) is 11.9 Å². The Morgan fingerprint density at radius 3 is 2.41 bits per heavy atom. The Bertz CT molecular complexity index is 354. The number of hydrogen-bond donors (Lipinski definition) is 1. The highest BCUT2D eigenvalue weighted by molar-refractivity contribution is 4.97. The highest BCUT2D eigenvalue weighted by atomic mass is 16.3. The highest BCUT2D eigenvalue weighted by Crippen LogP contribution is 2.34. The van der Waals surface area contributed by atoms with Gasteiger partial charge in [0.15, 0.2) is 0 Å². The number of nitrogens with zero attached hydrogens (tertiary/aromatic N) is 3. The van der Waals surface area contributed by atoms with E-state index in [9.17, 15) is 5.11 Å². The van der Waals surface area contributed by atoms with Crippen LogP contribution >= 0.6 is 0 Å². The second-order valence-corrected chi connectivity index (χ2v) is 5.77. The van der Waals surface area contributed by atoms with Gasteiger partial charge in [0.05, 0.1) is 24.0 Å². The Labute approximate surface area is 104 Å². The summed E-state index contributed by atoms with van der Waals surface area (Å²) in [5, 5.41) is 18.8. The fraction of sp³-hybridized carbons (Fsp3) is 0.846. The van der Waals surface area contributed by atoms with Crippen LogP contribution in [0.2, 0.25) is 0 Å². The molecule has 1 aromatic heterocycles. The topological polar surface area (TPSA) is 50.9 Å². The molecule has 0 aliphatic rings. The Morgan fingerprint density at radius 1 is 1.29 bits per heavy atom. The quantitative estimate of drug-likeness (QED) is 0.858. The molecule has 98 valence electrons. The zero-order valence-electron chi connectivity index (χ0n) is 11.7. The van der Waals surface area contributed by atoms with Crippen LogP contribution in [0.15, 0.2) is 6.20 Å². The minimum absolute atomic E-state index is 0.169. The van der Waals surface area contributed by atoms with Gasteiger partial charge in [-0.05, 0) is 18.3 Å². The molecule has 1 aromatic rings. The second kappa shape index (κ2) is 5.17. The van der Waals surface area contributed by atoms with Crippen LogP contribution in [0.3, 0.4) is 0 Å². The van der Waals surface area contributed by atoms with Crippen LogP contribution in [-0.2, 0) is 13.0 Å². The van der Waals surface area contributed by atoms with E-state index in [2.05, 4.69) is 38.0 Å². The fourth-order valence-corrected chi connectivity index (χ4v) is 1.99. The Balaban J connectivity index is 2.91. The maximum atomic E-state index is 10.7. The van der Waals surface area contributed by atoms with Crippen molar-refractivity contribution in [2.75, 3.05) is 0 Å². The first kappa shape index (κ1) is 14.2. The van der Waals surface area contributed by atoms with Gasteiger partial charge in [0, 0.05) is 0 Å². The van der Waals surface area contributed by atoms with Crippen molar-refractivity contribution >= 4 is 0 Å². The van der Waals surface area contributed by atoms with Gasteiger partial charge in [-0.3, -0.25) is 0 Å². The standard InChI is InChI=1S/C13H25N3O/c1-6-8-11-9-14-15-16(11)10-13(17,7-2)12(3,4)5/h9,17H,6-8,10H2,1-5H3. The van der Waals surface area contributed by atoms with Crippen molar-refractivity contribution in [2.45, 2.75) is 66.0 Å². The molecule has 4 nitrogen and oxygen atoms in total. The van der Waals surface area contributed by atoms with Crippen molar-refractivity contribution in [1.29, 1.82) is 0 Å². The predicted octanol–water partition coefficient (Wildman–Crippen LogP) is 2.42. The van der Waals surface area contributed by atoms with E-state index in [1.54, 1.807) is 6.20 Å². The summed E-state index contributed by atoms with van der Waals surface area (Å²) >= 11 is 0. The lowest BCUT2D eigenvalue weighted by Crippen LogP contribution is -2.46. The number of aryl methyl sites for hydroxylation is 1. The molecule has 0 aliphatic heterocycles. The highest BCUT2D eigenvalue weighted by Gasteiger charge is 2.39. The first-order valence-electron chi connectivity index (χ1n) is 6.44. The van der Waals surface area contributed by atoms with Crippen LogP contribution < -0.4 is 0 Å². The molecule has 0 radical (unpaired) electrons. The molecule has 1 unspecified atom stereocenters. The van der Waals surface area contributed by atoms with Gasteiger partial charge in [0.1, 0.15) is 0 Å². The van der Waals surface area contributed by atoms with Gasteiger partial charge in [-0.25, -0.2) is 4.68 Å². The first-order chi connectivity index (χ1) is 7.84. The van der Waals surface area contributed by atoms with Crippen molar-refractivity contribution in [1.82, 2.24) is 15.0 Å². The average Bonchev–Trinajstić information content (AvgIpc) is 2.64. The minimum atomic E-state index is -0.747. The summed E-state index contributed by atoms with van der Waals surface area (Å²) in [6, 6.07) is 0. The summed E-state index contributed by atoms with van der Waals surface area (Å²) in [4.78, 5) is 0. The SMILES string of the molecule is CCCc1cnnn1CC(O)(CC)C(C)(C)C. The van der Waals surface area contributed by atoms with Crippen molar-refractivity contribution in [3.8, 4) is 0 Å². The fourth-order valence-electron chi connectivity index (χ4n) is 1.99. The molecular formula is C13H25N3O. The Hall–Kier alpha value is -0.900. The maximum absolute atomic E-state index is 10.7. The molecule has 0 fully saturated rings. The molecule has 0 aromatic carbocycles. The maximum Gasteiger partial charge on any atom is 0.0888 e. The van der Waals surface area contributed by atoms with Gasteiger partial charge in [-0.15, -0.1) is 5.10 Å². The van der Waals surface area contributed by atoms with Crippen LogP contribution in [-0.4, -0.2) is 25.7 Å². The second-order valence-electron chi connectivity index (χ2n) is 5.77. The van der Waals surface area contributed by atoms with Crippen molar-refractivity contribution in [2.24, 2.45) is 5.41 Å². The zero-order valence-corrected chi connectivity index (χ0v) is 11.7. The molecule has 0 saturated heterocycles. The van der Waals surface area contributed by atoms with Crippen molar-refractivity contribution in [3.63, 3.8) is 0 Å². The molecule has 4 heteroatoms. The molecule has 0 saturated carbocycles. The zero-order chi connectivity index (χ0) is 13.1. The van der Waals surface area contributed by atoms with Gasteiger partial charge in [-0.1, -0.05) is 46.3 Å². The molecule has 1 atom stereocenters. The molecule has 0 spiro atoms. The summed E-state index contributed by atoms with van der Waals surface area (Å²) < 4.78 is 1.85. The van der Waals surface area contributed by atoms with Crippen LogP contribution in [0.1, 0.15) is 53.2 Å². The predicted molar refractivity (Wildman–Crippen MR) is 68.7 cm³/mol. The molecule has 1 rings (SSSR count). The smallest absolute Gasteiger partial charge is 0.0888 e. The molecule has 1 heterocycles. The summed E-state index contributed by atoms with van der Waals surface area (Å²) in [5.74, 6) is 0. The molecule has 0 aliphatic carbocycles. The summed E-state index contributed by atoms with van der Waals surface area (Å²) in [5.41, 5.74) is 0.184. The Kier molecular flexibility index (Phi) is 4.31. The summed E-state index contributed by atoms with van der Waals surface area (Å²) in [6.07, 6.45) is 4.52. The minimum Gasteiger partial charge on any atom is -0.387 e. The van der Waals surface area contributed by atoms with Crippen LogP contribution in [0.5, 0.6) is 0 Å². The van der Waals surface area contributed by atoms with Crippen LogP contribution in [0.25, 0.3) is 0 Å². The van der Waals surface area contributed by atoms with E-state index in [1.165, 1.54) is 0 Å². The molecular weight excluding hydrogens is 214 g/mol. The summed E-state index contributed by atoms with van der Waals surface area (Å²) in [7, 11) is 0. The molecule has 17 heavy (non-hydrogen) atoms. The molecule has 1 N–H and O–H groups in total. The van der Waals surface area contributed by atoms with Gasteiger partial charge >= 0.3 is 0 Å². The third-order valence-corrected chi connectivity index (χ3v) is 3.60. The van der Waals surface area contributed by atoms with E-state index in [1.807, 2.05) is 11.6 Å². The van der Waals surface area contributed by atoms with E-state index in [0.717, 1.165) is 18.5 Å². The van der Waals surface area contributed by atoms with Crippen molar-refractivity contribution < 1.29 is 5.11 Å². The van der Waals surface area contributed by atoms with Gasteiger partial charge < -0.3 is 5.11 Å². The summed E-state index contributed by atoms with van der Waals surface area (Å²) in [6.45, 7) is 10.9. The molecule has 0 bridgehead atoms. The van der Waals surface area contributed by atoms with Gasteiger partial charge in [0.2, 0.25) is 0 Å². The van der Waals surface area contributed by atoms with E-state index >= 15 is 0 Å². The number of rotatable bonds is 5. The van der Waals surface area contributed by atoms with E-state index in [-0.39, 0.29) is 5.41 Å².